The average Bonchev–Trinajstić information content (AvgIpc) is 2.41. The largest absolute Gasteiger partial charge is 0.478 e. The van der Waals surface area contributed by atoms with E-state index < -0.39 is 5.97 Å². The van der Waals surface area contributed by atoms with Gasteiger partial charge in [0.25, 0.3) is 0 Å². The molecule has 3 N–H and O–H groups in total. The van der Waals surface area contributed by atoms with Crippen LogP contribution < -0.4 is 5.73 Å². The molecule has 2 rings (SSSR count). The molecule has 102 valence electrons. The molecule has 1 fully saturated rings. The Bertz CT molecular complexity index is 480. The van der Waals surface area contributed by atoms with Gasteiger partial charge in [-0.2, -0.15) is 0 Å². The van der Waals surface area contributed by atoms with Crippen LogP contribution in [-0.2, 0) is 11.3 Å². The number of carboxylic acids is 1. The van der Waals surface area contributed by atoms with Gasteiger partial charge in [0.15, 0.2) is 0 Å². The number of carboxylic acid groups (broad SMARTS) is 1. The summed E-state index contributed by atoms with van der Waals surface area (Å²) in [5.74, 6) is -0.438. The summed E-state index contributed by atoms with van der Waals surface area (Å²) in [7, 11) is 0. The Balaban J connectivity index is 2.10. The van der Waals surface area contributed by atoms with Crippen LogP contribution >= 0.6 is 0 Å². The molecule has 0 radical (unpaired) electrons. The zero-order valence-corrected chi connectivity index (χ0v) is 10.9. The highest BCUT2D eigenvalue weighted by Crippen LogP contribution is 2.17. The second-order valence-electron chi connectivity index (χ2n) is 4.82. The number of nitrogens with zero attached hydrogens (tertiary/aromatic N) is 2. The van der Waals surface area contributed by atoms with Gasteiger partial charge in [-0.05, 0) is 43.6 Å². The van der Waals surface area contributed by atoms with Gasteiger partial charge in [-0.1, -0.05) is 6.42 Å². The topological polar surface area (TPSA) is 79.4 Å². The molecule has 0 bridgehead atoms. The molecule has 1 saturated heterocycles. The Morgan fingerprint density at radius 1 is 1.42 bits per heavy atom. The van der Waals surface area contributed by atoms with Crippen molar-refractivity contribution in [2.75, 3.05) is 18.8 Å². The van der Waals surface area contributed by atoms with Crippen LogP contribution in [0.2, 0.25) is 0 Å². The zero-order valence-electron chi connectivity index (χ0n) is 10.9. The molecule has 2 heterocycles. The lowest BCUT2D eigenvalue weighted by Gasteiger charge is -2.26. The molecule has 1 aliphatic rings. The first-order valence-electron chi connectivity index (χ1n) is 6.53. The Kier molecular flexibility index (Phi) is 4.52. The molecule has 5 heteroatoms. The normalized spacial score (nSPS) is 16.8. The number of pyridine rings is 1. The molecule has 0 saturated carbocycles. The van der Waals surface area contributed by atoms with Crippen LogP contribution in [0.3, 0.4) is 0 Å². The van der Waals surface area contributed by atoms with E-state index in [9.17, 15) is 4.79 Å². The summed E-state index contributed by atoms with van der Waals surface area (Å²) in [6.07, 6.45) is 7.99. The van der Waals surface area contributed by atoms with Gasteiger partial charge in [-0.3, -0.25) is 4.90 Å². The van der Waals surface area contributed by atoms with Gasteiger partial charge in [0.1, 0.15) is 5.82 Å². The molecule has 0 aromatic carbocycles. The van der Waals surface area contributed by atoms with Crippen molar-refractivity contribution in [3.8, 4) is 0 Å². The minimum atomic E-state index is -0.964. The van der Waals surface area contributed by atoms with E-state index in [-0.39, 0.29) is 0 Å². The second kappa shape index (κ2) is 6.33. The predicted molar refractivity (Wildman–Crippen MR) is 74.4 cm³/mol. The molecule has 0 aliphatic carbocycles. The second-order valence-corrected chi connectivity index (χ2v) is 4.82. The summed E-state index contributed by atoms with van der Waals surface area (Å²) in [6.45, 7) is 2.97. The van der Waals surface area contributed by atoms with Crippen LogP contribution in [0.4, 0.5) is 5.82 Å². The number of likely N-dealkylation sites (tertiary alicyclic amines) is 1. The molecule has 1 aromatic heterocycles. The Hall–Kier alpha value is -1.88. The lowest BCUT2D eigenvalue weighted by molar-refractivity contribution is -0.131. The van der Waals surface area contributed by atoms with E-state index in [1.165, 1.54) is 25.3 Å². The van der Waals surface area contributed by atoms with Crippen LogP contribution in [-0.4, -0.2) is 34.0 Å². The fourth-order valence-corrected chi connectivity index (χ4v) is 2.28. The number of piperidine rings is 1. The Morgan fingerprint density at radius 2 is 2.16 bits per heavy atom. The fraction of sp³-hybridized carbons (Fsp3) is 0.429. The molecular formula is C14H19N3O2. The summed E-state index contributed by atoms with van der Waals surface area (Å²) in [4.78, 5) is 17.0. The maximum Gasteiger partial charge on any atom is 0.328 e. The van der Waals surface area contributed by atoms with Gasteiger partial charge >= 0.3 is 5.97 Å². The maximum absolute atomic E-state index is 10.5. The average molecular weight is 261 g/mol. The number of hydrogen-bond acceptors (Lipinski definition) is 4. The monoisotopic (exact) mass is 261 g/mol. The van der Waals surface area contributed by atoms with E-state index in [2.05, 4.69) is 9.88 Å². The lowest BCUT2D eigenvalue weighted by Crippen LogP contribution is -2.29. The van der Waals surface area contributed by atoms with Crippen LogP contribution in [0.1, 0.15) is 30.4 Å². The number of anilines is 1. The summed E-state index contributed by atoms with van der Waals surface area (Å²) in [6, 6.07) is 1.91. The number of carbonyl (C=O) groups is 1. The molecule has 1 aliphatic heterocycles. The predicted octanol–water partition coefficient (Wildman–Crippen LogP) is 1.75. The minimum absolute atomic E-state index is 0.526. The maximum atomic E-state index is 10.5. The number of nitrogens with two attached hydrogens (primary N) is 1. The van der Waals surface area contributed by atoms with E-state index in [0.717, 1.165) is 36.8 Å². The number of nitrogen functional groups attached to an aromatic ring is 1. The Morgan fingerprint density at radius 3 is 2.84 bits per heavy atom. The Labute approximate surface area is 112 Å². The van der Waals surface area contributed by atoms with Crippen LogP contribution in [0.5, 0.6) is 0 Å². The third-order valence-corrected chi connectivity index (χ3v) is 3.28. The van der Waals surface area contributed by atoms with Crippen molar-refractivity contribution in [3.05, 3.63) is 29.5 Å². The van der Waals surface area contributed by atoms with Gasteiger partial charge in [-0.25, -0.2) is 9.78 Å². The number of rotatable bonds is 4. The van der Waals surface area contributed by atoms with Crippen molar-refractivity contribution in [2.45, 2.75) is 25.8 Å². The van der Waals surface area contributed by atoms with Crippen molar-refractivity contribution < 1.29 is 9.90 Å². The molecule has 0 atom stereocenters. The van der Waals surface area contributed by atoms with Gasteiger partial charge in [0.05, 0.1) is 0 Å². The third kappa shape index (κ3) is 4.06. The summed E-state index contributed by atoms with van der Waals surface area (Å²) in [5.41, 5.74) is 7.62. The molecule has 0 amide bonds. The van der Waals surface area contributed by atoms with Crippen molar-refractivity contribution in [3.63, 3.8) is 0 Å². The van der Waals surface area contributed by atoms with E-state index in [1.54, 1.807) is 6.20 Å². The minimum Gasteiger partial charge on any atom is -0.478 e. The van der Waals surface area contributed by atoms with Crippen molar-refractivity contribution in [1.29, 1.82) is 0 Å². The molecule has 0 unspecified atom stereocenters. The zero-order chi connectivity index (χ0) is 13.7. The summed E-state index contributed by atoms with van der Waals surface area (Å²) < 4.78 is 0. The lowest BCUT2D eigenvalue weighted by atomic mass is 10.1. The standard InChI is InChI=1S/C14H19N3O2/c15-14-12(10-17-6-2-1-3-7-17)8-11(9-16-14)4-5-13(18)19/h4-5,8-9H,1-3,6-7,10H2,(H2,15,16)(H,18,19). The van der Waals surface area contributed by atoms with Crippen LogP contribution in [0.25, 0.3) is 6.08 Å². The highest BCUT2D eigenvalue weighted by molar-refractivity contribution is 5.85. The van der Waals surface area contributed by atoms with Crippen molar-refractivity contribution in [2.24, 2.45) is 0 Å². The smallest absolute Gasteiger partial charge is 0.328 e. The first-order valence-corrected chi connectivity index (χ1v) is 6.53. The van der Waals surface area contributed by atoms with Crippen LogP contribution in [0.15, 0.2) is 18.3 Å². The summed E-state index contributed by atoms with van der Waals surface area (Å²) >= 11 is 0. The van der Waals surface area contributed by atoms with Crippen molar-refractivity contribution >= 4 is 17.9 Å². The van der Waals surface area contributed by atoms with Gasteiger partial charge in [0.2, 0.25) is 0 Å². The van der Waals surface area contributed by atoms with E-state index in [1.807, 2.05) is 6.07 Å². The van der Waals surface area contributed by atoms with Crippen molar-refractivity contribution in [1.82, 2.24) is 9.88 Å². The van der Waals surface area contributed by atoms with Gasteiger partial charge in [0, 0.05) is 24.4 Å². The third-order valence-electron chi connectivity index (χ3n) is 3.28. The SMILES string of the molecule is Nc1ncc(C=CC(=O)O)cc1CN1CCCCC1. The fourth-order valence-electron chi connectivity index (χ4n) is 2.28. The first-order chi connectivity index (χ1) is 9.15. The quantitative estimate of drug-likeness (QED) is 0.807. The number of hydrogen-bond donors (Lipinski definition) is 2. The van der Waals surface area contributed by atoms with Gasteiger partial charge in [-0.15, -0.1) is 0 Å². The van der Waals surface area contributed by atoms with E-state index >= 15 is 0 Å². The van der Waals surface area contributed by atoms with Gasteiger partial charge < -0.3 is 10.8 Å². The molecule has 5 nitrogen and oxygen atoms in total. The highest BCUT2D eigenvalue weighted by atomic mass is 16.4. The van der Waals surface area contributed by atoms with E-state index in [4.69, 9.17) is 10.8 Å². The first kappa shape index (κ1) is 13.5. The molecule has 19 heavy (non-hydrogen) atoms. The van der Waals surface area contributed by atoms with E-state index in [0.29, 0.717) is 5.82 Å². The van der Waals surface area contributed by atoms with Crippen LogP contribution in [0, 0.1) is 0 Å². The molecule has 0 spiro atoms. The molecule has 1 aromatic rings. The molecular weight excluding hydrogens is 242 g/mol. The number of aliphatic carboxylic acids is 1. The summed E-state index contributed by atoms with van der Waals surface area (Å²) in [5, 5.41) is 8.62. The highest BCUT2D eigenvalue weighted by Gasteiger charge is 2.12. The number of aromatic nitrogens is 1.